The Bertz CT molecular complexity index is 651. The lowest BCUT2D eigenvalue weighted by molar-refractivity contribution is -0.142. The molecule has 0 aromatic carbocycles. The molecule has 2 aliphatic rings. The summed E-state index contributed by atoms with van der Waals surface area (Å²) in [5, 5.41) is 7.13. The number of thiophene rings is 1. The number of carbonyl (C=O) groups is 1. The molecule has 1 aromatic heterocycles. The van der Waals surface area contributed by atoms with E-state index in [9.17, 15) is 13.2 Å². The average Bonchev–Trinajstić information content (AvgIpc) is 3.08. The van der Waals surface area contributed by atoms with Crippen molar-refractivity contribution >= 4 is 27.1 Å². The molecular weight excluding hydrogens is 336 g/mol. The molecule has 0 saturated carbocycles. The van der Waals surface area contributed by atoms with Gasteiger partial charge in [0.15, 0.2) is 14.6 Å². The topological polar surface area (TPSA) is 75.7 Å². The maximum absolute atomic E-state index is 13.1. The predicted octanol–water partition coefficient (Wildman–Crippen LogP) is 0.815. The van der Waals surface area contributed by atoms with Gasteiger partial charge in [0.2, 0.25) is 5.91 Å². The number of rotatable bonds is 3. The van der Waals surface area contributed by atoms with Gasteiger partial charge in [0.1, 0.15) is 6.10 Å². The SMILES string of the molecule is CS(=O)(=O)C1(C(=O)N2CCOC(c3ccsc3)C2)CCNCC1. The van der Waals surface area contributed by atoms with Gasteiger partial charge in [0.25, 0.3) is 0 Å². The van der Waals surface area contributed by atoms with Crippen LogP contribution in [-0.2, 0) is 19.4 Å². The molecule has 1 atom stereocenters. The van der Waals surface area contributed by atoms with Crippen LogP contribution in [0.5, 0.6) is 0 Å². The van der Waals surface area contributed by atoms with Gasteiger partial charge in [-0.3, -0.25) is 4.79 Å². The second-order valence-electron chi connectivity index (χ2n) is 6.18. The molecule has 1 amide bonds. The van der Waals surface area contributed by atoms with Crippen molar-refractivity contribution < 1.29 is 17.9 Å². The Morgan fingerprint density at radius 1 is 1.43 bits per heavy atom. The molecule has 6 nitrogen and oxygen atoms in total. The van der Waals surface area contributed by atoms with Gasteiger partial charge in [-0.15, -0.1) is 0 Å². The molecule has 2 fully saturated rings. The standard InChI is InChI=1S/C15H22N2O4S2/c1-23(19,20)15(3-5-16-6-4-15)14(18)17-7-8-21-13(10-17)12-2-9-22-11-12/h2,9,11,13,16H,3-8,10H2,1H3. The molecule has 1 aromatic rings. The largest absolute Gasteiger partial charge is 0.370 e. The third kappa shape index (κ3) is 3.17. The molecule has 1 N–H and O–H groups in total. The highest BCUT2D eigenvalue weighted by molar-refractivity contribution is 7.92. The first-order chi connectivity index (χ1) is 10.9. The van der Waals surface area contributed by atoms with E-state index in [4.69, 9.17) is 4.74 Å². The highest BCUT2D eigenvalue weighted by Gasteiger charge is 2.51. The molecule has 3 rings (SSSR count). The van der Waals surface area contributed by atoms with Crippen LogP contribution in [0.1, 0.15) is 24.5 Å². The van der Waals surface area contributed by atoms with Gasteiger partial charge in [-0.05, 0) is 48.3 Å². The zero-order valence-corrected chi connectivity index (χ0v) is 14.8. The number of nitrogens with one attached hydrogen (secondary N) is 1. The Morgan fingerprint density at radius 3 is 2.78 bits per heavy atom. The summed E-state index contributed by atoms with van der Waals surface area (Å²) in [6.45, 7) is 2.41. The second kappa shape index (κ2) is 6.51. The Labute approximate surface area is 140 Å². The lowest BCUT2D eigenvalue weighted by atomic mass is 9.94. The van der Waals surface area contributed by atoms with Crippen LogP contribution < -0.4 is 5.32 Å². The number of carbonyl (C=O) groups excluding carboxylic acids is 1. The van der Waals surface area contributed by atoms with Crippen molar-refractivity contribution in [3.63, 3.8) is 0 Å². The molecule has 8 heteroatoms. The van der Waals surface area contributed by atoms with E-state index in [2.05, 4.69) is 5.32 Å². The maximum Gasteiger partial charge on any atom is 0.244 e. The second-order valence-corrected chi connectivity index (χ2v) is 9.29. The van der Waals surface area contributed by atoms with Crippen molar-refractivity contribution in [2.45, 2.75) is 23.7 Å². The fourth-order valence-corrected chi connectivity index (χ4v) is 5.45. The third-order valence-electron chi connectivity index (χ3n) is 4.78. The van der Waals surface area contributed by atoms with E-state index >= 15 is 0 Å². The summed E-state index contributed by atoms with van der Waals surface area (Å²) < 4.78 is 29.3. The molecule has 0 bridgehead atoms. The van der Waals surface area contributed by atoms with Gasteiger partial charge in [0.05, 0.1) is 13.2 Å². The summed E-state index contributed by atoms with van der Waals surface area (Å²) in [4.78, 5) is 14.8. The van der Waals surface area contributed by atoms with Crippen LogP contribution in [0.2, 0.25) is 0 Å². The first-order valence-corrected chi connectivity index (χ1v) is 10.6. The highest BCUT2D eigenvalue weighted by Crippen LogP contribution is 2.32. The minimum atomic E-state index is -3.48. The van der Waals surface area contributed by atoms with E-state index < -0.39 is 14.6 Å². The molecule has 0 radical (unpaired) electrons. The predicted molar refractivity (Wildman–Crippen MR) is 89.3 cm³/mol. The van der Waals surface area contributed by atoms with E-state index in [1.54, 1.807) is 16.2 Å². The van der Waals surface area contributed by atoms with Crippen molar-refractivity contribution in [1.82, 2.24) is 10.2 Å². The summed E-state index contributed by atoms with van der Waals surface area (Å²) >= 11 is 1.59. The quantitative estimate of drug-likeness (QED) is 0.866. The van der Waals surface area contributed by atoms with E-state index in [1.807, 2.05) is 16.8 Å². The summed E-state index contributed by atoms with van der Waals surface area (Å²) in [5.74, 6) is -0.259. The van der Waals surface area contributed by atoms with Gasteiger partial charge in [-0.1, -0.05) is 0 Å². The number of piperidine rings is 1. The Morgan fingerprint density at radius 2 is 2.17 bits per heavy atom. The van der Waals surface area contributed by atoms with Crippen molar-refractivity contribution in [2.24, 2.45) is 0 Å². The van der Waals surface area contributed by atoms with Gasteiger partial charge < -0.3 is 15.0 Å². The molecule has 2 aliphatic heterocycles. The molecule has 0 aliphatic carbocycles. The summed E-state index contributed by atoms with van der Waals surface area (Å²) in [6, 6.07) is 1.99. The van der Waals surface area contributed by atoms with Gasteiger partial charge in [-0.25, -0.2) is 8.42 Å². The molecule has 1 unspecified atom stereocenters. The normalized spacial score (nSPS) is 25.3. The number of morpholine rings is 1. The van der Waals surface area contributed by atoms with Crippen molar-refractivity contribution in [2.75, 3.05) is 39.0 Å². The number of sulfone groups is 1. The zero-order chi connectivity index (χ0) is 16.5. The number of hydrogen-bond donors (Lipinski definition) is 1. The number of nitrogens with zero attached hydrogens (tertiary/aromatic N) is 1. The fourth-order valence-electron chi connectivity index (χ4n) is 3.36. The van der Waals surface area contributed by atoms with Crippen molar-refractivity contribution in [3.05, 3.63) is 22.4 Å². The van der Waals surface area contributed by atoms with Crippen LogP contribution in [-0.4, -0.2) is 63.0 Å². The number of hydrogen-bond acceptors (Lipinski definition) is 6. The van der Waals surface area contributed by atoms with Crippen LogP contribution >= 0.6 is 11.3 Å². The number of amides is 1. The number of ether oxygens (including phenoxy) is 1. The van der Waals surface area contributed by atoms with Crippen LogP contribution in [0.4, 0.5) is 0 Å². The summed E-state index contributed by atoms with van der Waals surface area (Å²) in [7, 11) is -3.48. The van der Waals surface area contributed by atoms with Crippen LogP contribution in [0.3, 0.4) is 0 Å². The fraction of sp³-hybridized carbons (Fsp3) is 0.667. The summed E-state index contributed by atoms with van der Waals surface area (Å²) in [5.41, 5.74) is 1.05. The average molecular weight is 358 g/mol. The smallest absolute Gasteiger partial charge is 0.244 e. The Balaban J connectivity index is 1.83. The van der Waals surface area contributed by atoms with Crippen molar-refractivity contribution in [1.29, 1.82) is 0 Å². The first kappa shape index (κ1) is 16.9. The summed E-state index contributed by atoms with van der Waals surface area (Å²) in [6.07, 6.45) is 1.70. The minimum absolute atomic E-state index is 0.169. The van der Waals surface area contributed by atoms with E-state index in [0.29, 0.717) is 45.6 Å². The molecule has 23 heavy (non-hydrogen) atoms. The highest BCUT2D eigenvalue weighted by atomic mass is 32.2. The van der Waals surface area contributed by atoms with Crippen LogP contribution in [0.15, 0.2) is 16.8 Å². The van der Waals surface area contributed by atoms with Crippen LogP contribution in [0, 0.1) is 0 Å². The zero-order valence-electron chi connectivity index (χ0n) is 13.2. The molecule has 0 spiro atoms. The van der Waals surface area contributed by atoms with E-state index in [-0.39, 0.29) is 12.0 Å². The molecule has 128 valence electrons. The Kier molecular flexibility index (Phi) is 4.78. The van der Waals surface area contributed by atoms with Gasteiger partial charge in [-0.2, -0.15) is 11.3 Å². The minimum Gasteiger partial charge on any atom is -0.370 e. The molecule has 2 saturated heterocycles. The monoisotopic (exact) mass is 358 g/mol. The Hall–Kier alpha value is -0.960. The third-order valence-corrected chi connectivity index (χ3v) is 7.48. The molecule has 3 heterocycles. The van der Waals surface area contributed by atoms with E-state index in [1.165, 1.54) is 6.26 Å². The molecular formula is C15H22N2O4S2. The van der Waals surface area contributed by atoms with Crippen LogP contribution in [0.25, 0.3) is 0 Å². The van der Waals surface area contributed by atoms with Gasteiger partial charge in [0, 0.05) is 12.8 Å². The van der Waals surface area contributed by atoms with Gasteiger partial charge >= 0.3 is 0 Å². The maximum atomic E-state index is 13.1. The first-order valence-electron chi connectivity index (χ1n) is 7.77. The lowest BCUT2D eigenvalue weighted by Gasteiger charge is -2.41. The lowest BCUT2D eigenvalue weighted by Crippen LogP contribution is -2.60. The van der Waals surface area contributed by atoms with Crippen molar-refractivity contribution in [3.8, 4) is 0 Å². The van der Waals surface area contributed by atoms with E-state index in [0.717, 1.165) is 5.56 Å².